The molecule has 0 heterocycles. The van der Waals surface area contributed by atoms with Crippen molar-refractivity contribution >= 4 is 41.7 Å². The molecule has 0 unspecified atom stereocenters. The Morgan fingerprint density at radius 1 is 0.403 bits per heavy atom. The van der Waals surface area contributed by atoms with Gasteiger partial charge in [-0.05, 0) is 116 Å². The molecule has 1 N–H and O–H groups in total. The zero-order valence-electron chi connectivity index (χ0n) is 46.1. The van der Waals surface area contributed by atoms with Crippen molar-refractivity contribution in [3.8, 4) is 0 Å². The molecule has 0 aliphatic heterocycles. The standard InChI is InChI=1S/2C7H14O2.C7H14O.C6H13NO.C6H12O3.2C6H12O2.C5H12O.7CH4/c1-4-9-7(8)5-6(2)3;1-4-5-7(8)9-6(2)3;1-4-5-7(8)6(2)3;1-4-6(8)7-5(2)3;1-4-8-6(7)9-5(2)3;1-4-8-6(7)5(2)3;1-4-6(7)8-5(2)3;1-4-6-5(2)3;;;;;;;/h2*6H,4-5H2,1-3H3;6H,4-5H2,1-3H3;5H,4H2,1-3H3,(H,7,8);5H,4H2,1-3H3;2*5H,4H2,1-3H3;5H,4H2,1-3H3;7*1H4. The summed E-state index contributed by atoms with van der Waals surface area (Å²) in [6.45, 7) is 47.6. The quantitative estimate of drug-likeness (QED) is 0.0947. The number of Topliss-reactive ketones (excluding diaryl/α,β-unsaturated/α-hetero) is 1. The number of esters is 4. The largest absolute Gasteiger partial charge is 0.508 e. The van der Waals surface area contributed by atoms with E-state index in [1.54, 1.807) is 34.6 Å². The van der Waals surface area contributed by atoms with Crippen LogP contribution in [0.5, 0.6) is 0 Å². The van der Waals surface area contributed by atoms with Gasteiger partial charge in [0.25, 0.3) is 0 Å². The second kappa shape index (κ2) is 81.3. The molecule has 0 bridgehead atoms. The van der Waals surface area contributed by atoms with E-state index in [9.17, 15) is 33.6 Å². The van der Waals surface area contributed by atoms with Crippen LogP contribution < -0.4 is 5.32 Å². The highest BCUT2D eigenvalue weighted by molar-refractivity contribution is 5.80. The summed E-state index contributed by atoms with van der Waals surface area (Å²) in [7, 11) is 0. The van der Waals surface area contributed by atoms with Gasteiger partial charge in [0.1, 0.15) is 5.78 Å². The average molecular weight is 1050 g/mol. The first-order chi connectivity index (χ1) is 30.0. The number of ether oxygens (including phenoxy) is 7. The van der Waals surface area contributed by atoms with E-state index in [0.717, 1.165) is 25.9 Å². The average Bonchev–Trinajstić information content (AvgIpc) is 3.15. The first-order valence-corrected chi connectivity index (χ1v) is 23.9. The lowest BCUT2D eigenvalue weighted by atomic mass is 10.1. The molecule has 0 aliphatic rings. The van der Waals surface area contributed by atoms with Crippen molar-refractivity contribution in [2.45, 2.75) is 294 Å². The highest BCUT2D eigenvalue weighted by atomic mass is 16.7. The fraction of sp³-hybridized carbons (Fsp3) is 0.877. The Balaban J connectivity index is -0.0000000392. The first kappa shape index (κ1) is 109. The fourth-order valence-corrected chi connectivity index (χ4v) is 3.37. The van der Waals surface area contributed by atoms with Gasteiger partial charge in [-0.1, -0.05) is 121 Å². The third-order valence-corrected chi connectivity index (χ3v) is 6.12. The Bertz CT molecular complexity index is 1000. The summed E-state index contributed by atoms with van der Waals surface area (Å²) >= 11 is 0. The monoisotopic (exact) mass is 1050 g/mol. The maximum atomic E-state index is 10.7. The van der Waals surface area contributed by atoms with Crippen LogP contribution in [0.15, 0.2) is 0 Å². The van der Waals surface area contributed by atoms with Crippen LogP contribution in [-0.4, -0.2) is 98.6 Å². The minimum absolute atomic E-state index is 0. The van der Waals surface area contributed by atoms with Gasteiger partial charge in [0.2, 0.25) is 5.91 Å². The number of rotatable bonds is 19. The normalized spacial score (nSPS) is 8.72. The molecule has 0 radical (unpaired) electrons. The van der Waals surface area contributed by atoms with Crippen molar-refractivity contribution in [2.75, 3.05) is 26.4 Å². The lowest BCUT2D eigenvalue weighted by Gasteiger charge is -2.05. The smallest absolute Gasteiger partial charge is 0.466 e. The van der Waals surface area contributed by atoms with Crippen LogP contribution in [-0.2, 0) is 61.9 Å². The summed E-state index contributed by atoms with van der Waals surface area (Å²) in [5.41, 5.74) is 0. The van der Waals surface area contributed by atoms with Crippen molar-refractivity contribution in [3.05, 3.63) is 0 Å². The Hall–Kier alpha value is -3.75. The fourth-order valence-electron chi connectivity index (χ4n) is 3.37. The molecule has 0 aromatic heterocycles. The van der Waals surface area contributed by atoms with E-state index in [1.165, 1.54) is 0 Å². The molecule has 0 rings (SSSR count). The van der Waals surface area contributed by atoms with Crippen LogP contribution in [0, 0.1) is 17.8 Å². The van der Waals surface area contributed by atoms with Gasteiger partial charge >= 0.3 is 30.0 Å². The Labute approximate surface area is 450 Å². The molecule has 0 aromatic rings. The predicted molar refractivity (Wildman–Crippen MR) is 311 cm³/mol. The van der Waals surface area contributed by atoms with Crippen LogP contribution in [0.2, 0.25) is 0 Å². The van der Waals surface area contributed by atoms with Crippen LogP contribution in [0.25, 0.3) is 0 Å². The molecular formula is C57H131NO14. The number of nitrogens with one attached hydrogen (secondary N) is 1. The molecular weight excluding hydrogens is 923 g/mol. The second-order valence-corrected chi connectivity index (χ2v) is 16.3. The molecule has 1 amide bonds. The van der Waals surface area contributed by atoms with Gasteiger partial charge in [0.05, 0.1) is 50.2 Å². The van der Waals surface area contributed by atoms with Gasteiger partial charge in [-0.3, -0.25) is 28.8 Å². The van der Waals surface area contributed by atoms with Crippen LogP contribution in [0.3, 0.4) is 0 Å². The zero-order chi connectivity index (χ0) is 53.1. The Morgan fingerprint density at radius 3 is 0.972 bits per heavy atom. The lowest BCUT2D eigenvalue weighted by molar-refractivity contribution is -0.148. The van der Waals surface area contributed by atoms with E-state index in [0.29, 0.717) is 63.3 Å². The van der Waals surface area contributed by atoms with E-state index in [-0.39, 0.29) is 118 Å². The van der Waals surface area contributed by atoms with Crippen molar-refractivity contribution in [1.29, 1.82) is 0 Å². The minimum Gasteiger partial charge on any atom is -0.466 e. The number of ketones is 1. The zero-order valence-corrected chi connectivity index (χ0v) is 46.1. The van der Waals surface area contributed by atoms with Crippen molar-refractivity contribution in [2.24, 2.45) is 17.8 Å². The van der Waals surface area contributed by atoms with E-state index in [2.05, 4.69) is 19.5 Å². The van der Waals surface area contributed by atoms with Gasteiger partial charge in [-0.15, -0.1) is 0 Å². The van der Waals surface area contributed by atoms with Gasteiger partial charge in [-0.25, -0.2) is 4.79 Å². The third-order valence-electron chi connectivity index (χ3n) is 6.12. The second-order valence-electron chi connectivity index (χ2n) is 16.3. The number of amides is 1. The van der Waals surface area contributed by atoms with Crippen molar-refractivity contribution in [1.82, 2.24) is 5.32 Å². The van der Waals surface area contributed by atoms with Gasteiger partial charge in [-0.2, -0.15) is 0 Å². The summed E-state index contributed by atoms with van der Waals surface area (Å²) in [4.78, 5) is 73.8. The van der Waals surface area contributed by atoms with Gasteiger partial charge < -0.3 is 38.5 Å². The molecule has 448 valence electrons. The molecule has 72 heavy (non-hydrogen) atoms. The molecule has 0 saturated carbocycles. The third kappa shape index (κ3) is 132. The van der Waals surface area contributed by atoms with Crippen LogP contribution in [0.1, 0.15) is 263 Å². The summed E-state index contributed by atoms with van der Waals surface area (Å²) in [5.74, 6) is 0.731. The molecule has 0 atom stereocenters. The molecule has 15 nitrogen and oxygen atoms in total. The Morgan fingerprint density at radius 2 is 0.792 bits per heavy atom. The van der Waals surface area contributed by atoms with E-state index >= 15 is 0 Å². The van der Waals surface area contributed by atoms with E-state index in [4.69, 9.17) is 18.9 Å². The topological polar surface area (TPSA) is 196 Å². The summed E-state index contributed by atoms with van der Waals surface area (Å²) < 4.78 is 33.2. The number of hydrogen-bond acceptors (Lipinski definition) is 14. The van der Waals surface area contributed by atoms with Crippen LogP contribution >= 0.6 is 0 Å². The summed E-state index contributed by atoms with van der Waals surface area (Å²) in [5, 5.41) is 2.75. The summed E-state index contributed by atoms with van der Waals surface area (Å²) in [6.07, 6.45) is 4.50. The van der Waals surface area contributed by atoms with Crippen LogP contribution in [0.4, 0.5) is 4.79 Å². The molecule has 0 fully saturated rings. The first-order valence-electron chi connectivity index (χ1n) is 23.9. The number of hydrogen-bond donors (Lipinski definition) is 1. The lowest BCUT2D eigenvalue weighted by Crippen LogP contribution is -2.29. The maximum Gasteiger partial charge on any atom is 0.508 e. The van der Waals surface area contributed by atoms with E-state index < -0.39 is 6.16 Å². The van der Waals surface area contributed by atoms with Crippen molar-refractivity contribution < 1.29 is 66.7 Å². The molecule has 0 aromatic carbocycles. The van der Waals surface area contributed by atoms with Gasteiger partial charge in [0, 0.05) is 50.7 Å². The highest BCUT2D eigenvalue weighted by Crippen LogP contribution is 2.01. The molecule has 0 aliphatic carbocycles. The highest BCUT2D eigenvalue weighted by Gasteiger charge is 2.06. The molecule has 15 heteroatoms. The maximum absolute atomic E-state index is 10.7. The summed E-state index contributed by atoms with van der Waals surface area (Å²) in [6, 6.07) is 0.280. The van der Waals surface area contributed by atoms with E-state index in [1.807, 2.05) is 132 Å². The van der Waals surface area contributed by atoms with Crippen molar-refractivity contribution in [3.63, 3.8) is 0 Å². The number of carbonyl (C=O) groups excluding carboxylic acids is 7. The Kier molecular flexibility index (Phi) is 123. The predicted octanol–water partition coefficient (Wildman–Crippen LogP) is 16.3. The van der Waals surface area contributed by atoms with Gasteiger partial charge in [0.15, 0.2) is 0 Å². The molecule has 0 spiro atoms. The minimum atomic E-state index is -0.590. The molecule has 0 saturated heterocycles. The number of carbonyl (C=O) groups is 7. The SMILES string of the molecule is C.C.C.C.C.C.C.CCC(=O)NC(C)C.CCC(=O)OC(C)C.CCCC(=O)C(C)C.CCCC(=O)OC(C)C.CCOC(=O)C(C)C.CCOC(=O)CC(C)C.CCOC(=O)OC(C)C.CCOC(C)C.